The van der Waals surface area contributed by atoms with E-state index in [0.29, 0.717) is 11.4 Å². The monoisotopic (exact) mass is 311 g/mol. The van der Waals surface area contributed by atoms with Crippen LogP contribution in [0.2, 0.25) is 0 Å². The van der Waals surface area contributed by atoms with Crippen molar-refractivity contribution in [2.24, 2.45) is 0 Å². The number of amides is 1. The minimum atomic E-state index is -0.197. The molecule has 0 radical (unpaired) electrons. The van der Waals surface area contributed by atoms with Gasteiger partial charge in [0.1, 0.15) is 5.82 Å². The van der Waals surface area contributed by atoms with Gasteiger partial charge in [0.25, 0.3) is 5.91 Å². The topological polar surface area (TPSA) is 61.4 Å². The van der Waals surface area contributed by atoms with Gasteiger partial charge < -0.3 is 15.1 Å². The van der Waals surface area contributed by atoms with E-state index in [1.165, 1.54) is 0 Å². The zero-order chi connectivity index (χ0) is 16.2. The van der Waals surface area contributed by atoms with E-state index in [4.69, 9.17) is 0 Å². The summed E-state index contributed by atoms with van der Waals surface area (Å²) >= 11 is 0. The highest BCUT2D eigenvalue weighted by Gasteiger charge is 2.14. The number of aromatic nitrogens is 2. The van der Waals surface area contributed by atoms with Crippen LogP contribution in [0.3, 0.4) is 0 Å². The van der Waals surface area contributed by atoms with E-state index in [-0.39, 0.29) is 5.91 Å². The zero-order valence-corrected chi connectivity index (χ0v) is 13.5. The fourth-order valence-electron chi connectivity index (χ4n) is 2.50. The first-order valence-corrected chi connectivity index (χ1v) is 7.75. The van der Waals surface area contributed by atoms with E-state index in [9.17, 15) is 4.79 Å². The predicted octanol–water partition coefficient (Wildman–Crippen LogP) is 1.79. The SMILES string of the molecule is Cc1ccc(C(=O)Nc2ccc(N3CCN(C)CC3)cn2)cn1. The van der Waals surface area contributed by atoms with E-state index >= 15 is 0 Å². The molecule has 1 saturated heterocycles. The molecule has 2 aromatic rings. The van der Waals surface area contributed by atoms with Gasteiger partial charge in [0, 0.05) is 38.1 Å². The molecule has 3 heterocycles. The highest BCUT2D eigenvalue weighted by molar-refractivity contribution is 6.03. The molecule has 3 rings (SSSR count). The highest BCUT2D eigenvalue weighted by Crippen LogP contribution is 2.17. The highest BCUT2D eigenvalue weighted by atomic mass is 16.1. The van der Waals surface area contributed by atoms with Crippen LogP contribution in [-0.2, 0) is 0 Å². The van der Waals surface area contributed by atoms with Gasteiger partial charge in [0.05, 0.1) is 17.4 Å². The van der Waals surface area contributed by atoms with Crippen LogP contribution >= 0.6 is 0 Å². The molecule has 120 valence electrons. The van der Waals surface area contributed by atoms with Crippen molar-refractivity contribution in [3.63, 3.8) is 0 Å². The number of hydrogen-bond donors (Lipinski definition) is 1. The quantitative estimate of drug-likeness (QED) is 0.936. The fourth-order valence-corrected chi connectivity index (χ4v) is 2.50. The van der Waals surface area contributed by atoms with Crippen molar-refractivity contribution < 1.29 is 4.79 Å². The molecule has 0 aromatic carbocycles. The third-order valence-corrected chi connectivity index (χ3v) is 4.03. The standard InChI is InChI=1S/C17H21N5O/c1-13-3-4-14(11-18-13)17(23)20-16-6-5-15(12-19-16)22-9-7-21(2)8-10-22/h3-6,11-12H,7-10H2,1-2H3,(H,19,20,23). The molecular weight excluding hydrogens is 290 g/mol. The third kappa shape index (κ3) is 3.84. The van der Waals surface area contributed by atoms with Crippen molar-refractivity contribution in [1.29, 1.82) is 0 Å². The number of hydrogen-bond acceptors (Lipinski definition) is 5. The van der Waals surface area contributed by atoms with Crippen molar-refractivity contribution in [1.82, 2.24) is 14.9 Å². The number of likely N-dealkylation sites (N-methyl/N-ethyl adjacent to an activating group) is 1. The molecule has 6 heteroatoms. The van der Waals surface area contributed by atoms with Crippen LogP contribution < -0.4 is 10.2 Å². The zero-order valence-electron chi connectivity index (χ0n) is 13.5. The van der Waals surface area contributed by atoms with Crippen LogP contribution in [0.1, 0.15) is 16.1 Å². The molecule has 23 heavy (non-hydrogen) atoms. The van der Waals surface area contributed by atoms with Crippen molar-refractivity contribution in [2.45, 2.75) is 6.92 Å². The van der Waals surface area contributed by atoms with Gasteiger partial charge in [-0.1, -0.05) is 0 Å². The lowest BCUT2D eigenvalue weighted by Crippen LogP contribution is -2.44. The average molecular weight is 311 g/mol. The maximum absolute atomic E-state index is 12.1. The summed E-state index contributed by atoms with van der Waals surface area (Å²) in [5, 5.41) is 2.80. The molecule has 0 spiro atoms. The minimum Gasteiger partial charge on any atom is -0.368 e. The van der Waals surface area contributed by atoms with Crippen molar-refractivity contribution in [2.75, 3.05) is 43.4 Å². The maximum Gasteiger partial charge on any atom is 0.258 e. The Balaban J connectivity index is 1.63. The Hall–Kier alpha value is -2.47. The first kappa shape index (κ1) is 15.4. The molecule has 0 bridgehead atoms. The molecule has 0 aliphatic carbocycles. The van der Waals surface area contributed by atoms with Gasteiger partial charge in [-0.2, -0.15) is 0 Å². The van der Waals surface area contributed by atoms with E-state index in [1.54, 1.807) is 12.3 Å². The number of nitrogens with one attached hydrogen (secondary N) is 1. The number of nitrogens with zero attached hydrogens (tertiary/aromatic N) is 4. The van der Waals surface area contributed by atoms with E-state index in [2.05, 4.69) is 32.1 Å². The summed E-state index contributed by atoms with van der Waals surface area (Å²) in [6, 6.07) is 7.42. The lowest BCUT2D eigenvalue weighted by molar-refractivity contribution is 0.102. The second-order valence-electron chi connectivity index (χ2n) is 5.83. The third-order valence-electron chi connectivity index (χ3n) is 4.03. The van der Waals surface area contributed by atoms with Crippen LogP contribution in [0.5, 0.6) is 0 Å². The van der Waals surface area contributed by atoms with Gasteiger partial charge in [-0.15, -0.1) is 0 Å². The Morgan fingerprint density at radius 1 is 1.04 bits per heavy atom. The van der Waals surface area contributed by atoms with E-state index in [1.807, 2.05) is 31.3 Å². The molecule has 0 atom stereocenters. The summed E-state index contributed by atoms with van der Waals surface area (Å²) in [7, 11) is 2.13. The normalized spacial score (nSPS) is 15.5. The molecule has 0 saturated carbocycles. The fraction of sp³-hybridized carbons (Fsp3) is 0.353. The lowest BCUT2D eigenvalue weighted by atomic mass is 10.2. The molecule has 0 unspecified atom stereocenters. The van der Waals surface area contributed by atoms with Crippen LogP contribution in [0, 0.1) is 6.92 Å². The molecule has 1 aliphatic rings. The summed E-state index contributed by atoms with van der Waals surface area (Å²) in [5.41, 5.74) is 2.50. The van der Waals surface area contributed by atoms with Crippen molar-refractivity contribution >= 4 is 17.4 Å². The Morgan fingerprint density at radius 3 is 2.43 bits per heavy atom. The van der Waals surface area contributed by atoms with Crippen LogP contribution in [0.15, 0.2) is 36.7 Å². The Morgan fingerprint density at radius 2 is 1.83 bits per heavy atom. The van der Waals surface area contributed by atoms with Crippen molar-refractivity contribution in [3.8, 4) is 0 Å². The number of pyridine rings is 2. The summed E-state index contributed by atoms with van der Waals surface area (Å²) in [6.07, 6.45) is 3.39. The van der Waals surface area contributed by atoms with Gasteiger partial charge >= 0.3 is 0 Å². The Labute approximate surface area is 136 Å². The molecule has 2 aromatic heterocycles. The smallest absolute Gasteiger partial charge is 0.258 e. The van der Waals surface area contributed by atoms with Gasteiger partial charge in [-0.05, 0) is 38.2 Å². The van der Waals surface area contributed by atoms with Crippen LogP contribution in [-0.4, -0.2) is 54.0 Å². The Bertz CT molecular complexity index is 660. The van der Waals surface area contributed by atoms with E-state index < -0.39 is 0 Å². The number of anilines is 2. The minimum absolute atomic E-state index is 0.197. The second-order valence-corrected chi connectivity index (χ2v) is 5.83. The number of piperazine rings is 1. The molecular formula is C17H21N5O. The number of rotatable bonds is 3. The van der Waals surface area contributed by atoms with Gasteiger partial charge in [-0.3, -0.25) is 9.78 Å². The number of aryl methyl sites for hydroxylation is 1. The summed E-state index contributed by atoms with van der Waals surface area (Å²) in [4.78, 5) is 25.2. The van der Waals surface area contributed by atoms with Crippen LogP contribution in [0.25, 0.3) is 0 Å². The van der Waals surface area contributed by atoms with Crippen LogP contribution in [0.4, 0.5) is 11.5 Å². The number of carbonyl (C=O) groups is 1. The maximum atomic E-state index is 12.1. The van der Waals surface area contributed by atoms with Gasteiger partial charge in [-0.25, -0.2) is 4.98 Å². The lowest BCUT2D eigenvalue weighted by Gasteiger charge is -2.33. The largest absolute Gasteiger partial charge is 0.368 e. The molecule has 6 nitrogen and oxygen atoms in total. The molecule has 1 fully saturated rings. The van der Waals surface area contributed by atoms with Gasteiger partial charge in [0.2, 0.25) is 0 Å². The average Bonchev–Trinajstić information content (AvgIpc) is 2.57. The first-order valence-electron chi connectivity index (χ1n) is 7.75. The Kier molecular flexibility index (Phi) is 4.52. The van der Waals surface area contributed by atoms with Crippen molar-refractivity contribution in [3.05, 3.63) is 47.9 Å². The predicted molar refractivity (Wildman–Crippen MR) is 90.9 cm³/mol. The molecule has 1 aliphatic heterocycles. The summed E-state index contributed by atoms with van der Waals surface area (Å²) in [6.45, 7) is 6.00. The molecule has 1 N–H and O–H groups in total. The van der Waals surface area contributed by atoms with Gasteiger partial charge in [0.15, 0.2) is 0 Å². The molecule has 1 amide bonds. The summed E-state index contributed by atoms with van der Waals surface area (Å²) in [5.74, 6) is 0.353. The summed E-state index contributed by atoms with van der Waals surface area (Å²) < 4.78 is 0. The van der Waals surface area contributed by atoms with E-state index in [0.717, 1.165) is 37.6 Å². The number of carbonyl (C=O) groups excluding carboxylic acids is 1. The first-order chi connectivity index (χ1) is 11.1. The second kappa shape index (κ2) is 6.75.